The lowest BCUT2D eigenvalue weighted by atomic mass is 10.1. The molecule has 0 aliphatic rings. The Morgan fingerprint density at radius 3 is 2.41 bits per heavy atom. The van der Waals surface area contributed by atoms with E-state index in [0.717, 1.165) is 5.56 Å². The minimum atomic E-state index is -0.290. The summed E-state index contributed by atoms with van der Waals surface area (Å²) in [6.45, 7) is 0.167. The predicted molar refractivity (Wildman–Crippen MR) is 115 cm³/mol. The molecule has 0 bridgehead atoms. The average molecular weight is 427 g/mol. The first-order valence-corrected chi connectivity index (χ1v) is 9.59. The minimum Gasteiger partial charge on any atom is -0.497 e. The van der Waals surface area contributed by atoms with Crippen molar-refractivity contribution < 1.29 is 13.9 Å². The van der Waals surface area contributed by atoms with Gasteiger partial charge in [-0.15, -0.1) is 0 Å². The van der Waals surface area contributed by atoms with Gasteiger partial charge in [0.05, 0.1) is 12.5 Å². The number of fused-ring (bicyclic) bond motifs is 1. The van der Waals surface area contributed by atoms with Gasteiger partial charge in [0.25, 0.3) is 0 Å². The molecule has 0 spiro atoms. The second kappa shape index (κ2) is 8.19. The van der Waals surface area contributed by atoms with Crippen molar-refractivity contribution in [2.75, 3.05) is 7.11 Å². The van der Waals surface area contributed by atoms with Crippen LogP contribution in [0, 0.1) is 0 Å². The first-order valence-electron chi connectivity index (χ1n) is 8.83. The maximum Gasteiger partial charge on any atom is 0.235 e. The van der Waals surface area contributed by atoms with Crippen molar-refractivity contribution in [1.82, 2.24) is 0 Å². The van der Waals surface area contributed by atoms with Crippen LogP contribution in [0.3, 0.4) is 0 Å². The van der Waals surface area contributed by atoms with Gasteiger partial charge in [0.1, 0.15) is 17.9 Å². The third kappa shape index (κ3) is 4.09. The fraction of sp³-hybridized carbons (Fsp3) is 0.0870. The number of ether oxygens (including phenoxy) is 2. The number of hydrogen-bond acceptors (Lipinski definition) is 4. The van der Waals surface area contributed by atoms with Crippen molar-refractivity contribution >= 4 is 34.2 Å². The van der Waals surface area contributed by atoms with Gasteiger partial charge in [0.2, 0.25) is 11.2 Å². The van der Waals surface area contributed by atoms with Crippen LogP contribution in [0.5, 0.6) is 11.5 Å². The van der Waals surface area contributed by atoms with Gasteiger partial charge in [-0.1, -0.05) is 35.3 Å². The molecule has 1 aromatic heterocycles. The number of benzene rings is 3. The Morgan fingerprint density at radius 1 is 0.931 bits per heavy atom. The van der Waals surface area contributed by atoms with E-state index in [1.54, 1.807) is 49.6 Å². The highest BCUT2D eigenvalue weighted by atomic mass is 35.5. The molecule has 29 heavy (non-hydrogen) atoms. The molecular weight excluding hydrogens is 411 g/mol. The summed E-state index contributed by atoms with van der Waals surface area (Å²) >= 11 is 12.1. The van der Waals surface area contributed by atoms with Gasteiger partial charge in [-0.3, -0.25) is 4.79 Å². The summed E-state index contributed by atoms with van der Waals surface area (Å²) in [5.74, 6) is 1.16. The fourth-order valence-corrected chi connectivity index (χ4v) is 3.38. The Kier molecular flexibility index (Phi) is 5.47. The van der Waals surface area contributed by atoms with Crippen molar-refractivity contribution in [3.8, 4) is 22.8 Å². The molecule has 0 atom stereocenters. The molecule has 4 rings (SSSR count). The van der Waals surface area contributed by atoms with Gasteiger partial charge in [-0.25, -0.2) is 0 Å². The van der Waals surface area contributed by atoms with E-state index in [1.165, 1.54) is 0 Å². The summed E-state index contributed by atoms with van der Waals surface area (Å²) in [7, 11) is 1.59. The van der Waals surface area contributed by atoms with E-state index in [0.29, 0.717) is 38.1 Å². The molecule has 0 aliphatic carbocycles. The lowest BCUT2D eigenvalue weighted by Crippen LogP contribution is -2.10. The fourth-order valence-electron chi connectivity index (χ4n) is 3.00. The topological polar surface area (TPSA) is 48.7 Å². The van der Waals surface area contributed by atoms with Crippen LogP contribution in [-0.2, 0) is 6.61 Å². The number of hydrogen-bond donors (Lipinski definition) is 0. The van der Waals surface area contributed by atoms with Crippen molar-refractivity contribution in [2.45, 2.75) is 6.61 Å². The van der Waals surface area contributed by atoms with Crippen LogP contribution < -0.4 is 14.9 Å². The van der Waals surface area contributed by atoms with E-state index in [4.69, 9.17) is 37.1 Å². The zero-order valence-corrected chi connectivity index (χ0v) is 17.0. The second-order valence-electron chi connectivity index (χ2n) is 6.38. The summed E-state index contributed by atoms with van der Waals surface area (Å²) < 4.78 is 17.2. The highest BCUT2D eigenvalue weighted by Gasteiger charge is 2.18. The molecule has 4 nitrogen and oxygen atoms in total. The zero-order valence-electron chi connectivity index (χ0n) is 15.4. The molecule has 4 aromatic rings. The zero-order chi connectivity index (χ0) is 20.4. The Balaban J connectivity index is 1.84. The number of rotatable bonds is 5. The van der Waals surface area contributed by atoms with Crippen molar-refractivity contribution in [2.24, 2.45) is 0 Å². The van der Waals surface area contributed by atoms with Gasteiger partial charge in [-0.05, 0) is 60.2 Å². The largest absolute Gasteiger partial charge is 0.497 e. The molecule has 0 N–H and O–H groups in total. The third-order valence-electron chi connectivity index (χ3n) is 4.44. The van der Waals surface area contributed by atoms with Crippen LogP contribution in [0.2, 0.25) is 10.0 Å². The molecule has 0 unspecified atom stereocenters. The van der Waals surface area contributed by atoms with Gasteiger partial charge in [0, 0.05) is 15.6 Å². The van der Waals surface area contributed by atoms with Crippen molar-refractivity contribution in [1.29, 1.82) is 0 Å². The van der Waals surface area contributed by atoms with Crippen LogP contribution in [0.25, 0.3) is 22.3 Å². The van der Waals surface area contributed by atoms with E-state index in [9.17, 15) is 4.79 Å². The van der Waals surface area contributed by atoms with Crippen LogP contribution in [0.15, 0.2) is 75.9 Å². The predicted octanol–water partition coefficient (Wildman–Crippen LogP) is 6.35. The van der Waals surface area contributed by atoms with Crippen LogP contribution in [0.4, 0.5) is 0 Å². The highest BCUT2D eigenvalue weighted by Crippen LogP contribution is 2.33. The number of methoxy groups -OCH3 is 1. The summed E-state index contributed by atoms with van der Waals surface area (Å²) in [6, 6.07) is 19.4. The molecule has 146 valence electrons. The van der Waals surface area contributed by atoms with E-state index in [2.05, 4.69) is 0 Å². The normalized spacial score (nSPS) is 10.9. The molecule has 0 radical (unpaired) electrons. The van der Waals surface area contributed by atoms with E-state index < -0.39 is 0 Å². The standard InChI is InChI=1S/C23H16Cl2O4/c1-27-18-8-5-15(6-9-18)22-23(28-13-14-3-2-4-16(24)11-14)21(26)19-12-17(25)7-10-20(19)29-22/h2-12H,13H2,1H3. The molecule has 3 aromatic carbocycles. The Hall–Kier alpha value is -2.95. The molecule has 0 saturated heterocycles. The summed E-state index contributed by atoms with van der Waals surface area (Å²) in [5.41, 5.74) is 1.67. The number of halogens is 2. The quantitative estimate of drug-likeness (QED) is 0.372. The smallest absolute Gasteiger partial charge is 0.235 e. The summed E-state index contributed by atoms with van der Waals surface area (Å²) in [6.07, 6.45) is 0. The van der Waals surface area contributed by atoms with Crippen molar-refractivity contribution in [3.05, 3.63) is 92.6 Å². The summed E-state index contributed by atoms with van der Waals surface area (Å²) in [4.78, 5) is 13.2. The van der Waals surface area contributed by atoms with Gasteiger partial charge in [-0.2, -0.15) is 0 Å². The van der Waals surface area contributed by atoms with E-state index in [1.807, 2.05) is 24.3 Å². The SMILES string of the molecule is COc1ccc(-c2oc3ccc(Cl)cc3c(=O)c2OCc2cccc(Cl)c2)cc1. The van der Waals surface area contributed by atoms with Gasteiger partial charge in [0.15, 0.2) is 5.76 Å². The Bertz CT molecular complexity index is 1230. The minimum absolute atomic E-state index is 0.116. The lowest BCUT2D eigenvalue weighted by molar-refractivity contribution is 0.298. The highest BCUT2D eigenvalue weighted by molar-refractivity contribution is 6.31. The molecule has 1 heterocycles. The molecule has 0 aliphatic heterocycles. The van der Waals surface area contributed by atoms with Crippen molar-refractivity contribution in [3.63, 3.8) is 0 Å². The third-order valence-corrected chi connectivity index (χ3v) is 4.91. The maximum absolute atomic E-state index is 13.2. The first kappa shape index (κ1) is 19.4. The van der Waals surface area contributed by atoms with E-state index in [-0.39, 0.29) is 17.8 Å². The van der Waals surface area contributed by atoms with Gasteiger partial charge < -0.3 is 13.9 Å². The van der Waals surface area contributed by atoms with Crippen LogP contribution in [0.1, 0.15) is 5.56 Å². The monoisotopic (exact) mass is 426 g/mol. The van der Waals surface area contributed by atoms with Gasteiger partial charge >= 0.3 is 0 Å². The molecule has 0 saturated carbocycles. The molecule has 0 amide bonds. The van der Waals surface area contributed by atoms with Crippen LogP contribution >= 0.6 is 23.2 Å². The molecular formula is C23H16Cl2O4. The van der Waals surface area contributed by atoms with E-state index >= 15 is 0 Å². The summed E-state index contributed by atoms with van der Waals surface area (Å²) in [5, 5.41) is 1.40. The second-order valence-corrected chi connectivity index (χ2v) is 7.25. The maximum atomic E-state index is 13.2. The average Bonchev–Trinajstić information content (AvgIpc) is 2.73. The Morgan fingerprint density at radius 2 is 1.69 bits per heavy atom. The molecule has 0 fully saturated rings. The Labute approximate surface area is 177 Å². The first-order chi connectivity index (χ1) is 14.0. The lowest BCUT2D eigenvalue weighted by Gasteiger charge is -2.12. The molecule has 6 heteroatoms. The van der Waals surface area contributed by atoms with Crippen LogP contribution in [-0.4, -0.2) is 7.11 Å².